The van der Waals surface area contributed by atoms with E-state index in [0.29, 0.717) is 32.4 Å². The topological polar surface area (TPSA) is 50.7 Å². The van der Waals surface area contributed by atoms with Crippen LogP contribution in [0.5, 0.6) is 0 Å². The third-order valence-electron chi connectivity index (χ3n) is 2.29. The quantitative estimate of drug-likeness (QED) is 0.610. The second-order valence-electron chi connectivity index (χ2n) is 5.37. The predicted molar refractivity (Wildman–Crippen MR) is 63.6 cm³/mol. The number of rotatable bonds is 8. The van der Waals surface area contributed by atoms with Gasteiger partial charge in [0.15, 0.2) is 0 Å². The average molecular weight is 231 g/mol. The molecule has 0 aromatic carbocycles. The summed E-state index contributed by atoms with van der Waals surface area (Å²) in [5.74, 6) is 0. The van der Waals surface area contributed by atoms with Crippen molar-refractivity contribution in [3.05, 3.63) is 0 Å². The van der Waals surface area contributed by atoms with Gasteiger partial charge in [0.25, 0.3) is 0 Å². The summed E-state index contributed by atoms with van der Waals surface area (Å²) in [5, 5.41) is 12.8. The summed E-state index contributed by atoms with van der Waals surface area (Å²) in [7, 11) is 0. The lowest BCUT2D eigenvalue weighted by Crippen LogP contribution is -2.32. The molecule has 0 aromatic heterocycles. The van der Waals surface area contributed by atoms with Crippen molar-refractivity contribution in [2.24, 2.45) is 0 Å². The highest BCUT2D eigenvalue weighted by atomic mass is 16.5. The van der Waals surface area contributed by atoms with Gasteiger partial charge in [0.1, 0.15) is 0 Å². The van der Waals surface area contributed by atoms with Crippen molar-refractivity contribution in [1.82, 2.24) is 5.32 Å². The van der Waals surface area contributed by atoms with E-state index >= 15 is 0 Å². The molecule has 96 valence electrons. The lowest BCUT2D eigenvalue weighted by atomic mass is 10.2. The van der Waals surface area contributed by atoms with Crippen molar-refractivity contribution in [3.63, 3.8) is 0 Å². The highest BCUT2D eigenvalue weighted by molar-refractivity contribution is 4.81. The number of aliphatic hydroxyl groups excluding tert-OH is 1. The summed E-state index contributed by atoms with van der Waals surface area (Å²) in [6.07, 6.45) is 2.08. The monoisotopic (exact) mass is 231 g/mol. The Morgan fingerprint density at radius 3 is 2.56 bits per heavy atom. The van der Waals surface area contributed by atoms with Crippen LogP contribution in [0.2, 0.25) is 0 Å². The number of ether oxygens (including phenoxy) is 2. The first kappa shape index (κ1) is 13.9. The third kappa shape index (κ3) is 8.05. The molecule has 1 saturated carbocycles. The molecule has 4 nitrogen and oxygen atoms in total. The fourth-order valence-electron chi connectivity index (χ4n) is 1.28. The van der Waals surface area contributed by atoms with E-state index in [-0.39, 0.29) is 5.60 Å². The zero-order valence-corrected chi connectivity index (χ0v) is 10.7. The van der Waals surface area contributed by atoms with E-state index in [1.54, 1.807) is 0 Å². The van der Waals surface area contributed by atoms with Gasteiger partial charge < -0.3 is 19.9 Å². The second-order valence-corrected chi connectivity index (χ2v) is 5.37. The first-order valence-corrected chi connectivity index (χ1v) is 6.10. The molecule has 1 atom stereocenters. The summed E-state index contributed by atoms with van der Waals surface area (Å²) in [5.41, 5.74) is -0.116. The summed E-state index contributed by atoms with van der Waals surface area (Å²) in [6, 6.07) is 0.638. The maximum Gasteiger partial charge on any atom is 0.0897 e. The molecule has 1 rings (SSSR count). The Bertz CT molecular complexity index is 187. The van der Waals surface area contributed by atoms with Gasteiger partial charge in [0, 0.05) is 12.6 Å². The minimum absolute atomic E-state index is 0.116. The Morgan fingerprint density at radius 2 is 2.00 bits per heavy atom. The minimum atomic E-state index is -0.407. The van der Waals surface area contributed by atoms with Crippen LogP contribution in [0.1, 0.15) is 33.6 Å². The van der Waals surface area contributed by atoms with E-state index in [1.165, 1.54) is 12.8 Å². The first-order chi connectivity index (χ1) is 7.47. The van der Waals surface area contributed by atoms with E-state index in [4.69, 9.17) is 9.47 Å². The van der Waals surface area contributed by atoms with Gasteiger partial charge in [-0.3, -0.25) is 0 Å². The number of hydrogen-bond donors (Lipinski definition) is 2. The van der Waals surface area contributed by atoms with Crippen molar-refractivity contribution >= 4 is 0 Å². The van der Waals surface area contributed by atoms with Gasteiger partial charge in [-0.15, -0.1) is 0 Å². The van der Waals surface area contributed by atoms with E-state index in [1.807, 2.05) is 20.8 Å². The normalized spacial score (nSPS) is 18.8. The van der Waals surface area contributed by atoms with Crippen LogP contribution in [0, 0.1) is 0 Å². The molecule has 1 aliphatic carbocycles. The molecule has 2 N–H and O–H groups in total. The van der Waals surface area contributed by atoms with Crippen LogP contribution in [0.3, 0.4) is 0 Å². The van der Waals surface area contributed by atoms with E-state index in [9.17, 15) is 5.11 Å². The Kier molecular flexibility index (Phi) is 5.69. The molecule has 0 radical (unpaired) electrons. The van der Waals surface area contributed by atoms with Gasteiger partial charge in [-0.1, -0.05) is 0 Å². The van der Waals surface area contributed by atoms with Crippen LogP contribution >= 0.6 is 0 Å². The molecule has 1 fully saturated rings. The lowest BCUT2D eigenvalue weighted by molar-refractivity contribution is -0.0470. The van der Waals surface area contributed by atoms with Crippen LogP contribution < -0.4 is 5.32 Å². The highest BCUT2D eigenvalue weighted by Gasteiger charge is 2.21. The molecule has 0 spiro atoms. The molecule has 4 heteroatoms. The standard InChI is InChI=1S/C12H25NO3/c1-12(2,3)16-7-6-15-9-11(14)8-13-10-4-5-10/h10-11,13-14H,4-9H2,1-3H3. The summed E-state index contributed by atoms with van der Waals surface area (Å²) in [6.45, 7) is 8.17. The van der Waals surface area contributed by atoms with Crippen LogP contribution in [0.25, 0.3) is 0 Å². The predicted octanol–water partition coefficient (Wildman–Crippen LogP) is 0.931. The van der Waals surface area contributed by atoms with Gasteiger partial charge in [-0.25, -0.2) is 0 Å². The fraction of sp³-hybridized carbons (Fsp3) is 1.00. The van der Waals surface area contributed by atoms with Crippen molar-refractivity contribution in [3.8, 4) is 0 Å². The van der Waals surface area contributed by atoms with Gasteiger partial charge in [0.05, 0.1) is 31.5 Å². The van der Waals surface area contributed by atoms with Crippen molar-refractivity contribution < 1.29 is 14.6 Å². The smallest absolute Gasteiger partial charge is 0.0897 e. The zero-order chi connectivity index (χ0) is 12.0. The molecule has 0 heterocycles. The number of hydrogen-bond acceptors (Lipinski definition) is 4. The maximum absolute atomic E-state index is 9.56. The molecular weight excluding hydrogens is 206 g/mol. The molecule has 1 aliphatic rings. The zero-order valence-electron chi connectivity index (χ0n) is 10.7. The summed E-state index contributed by atoms with van der Waals surface area (Å²) < 4.78 is 10.8. The highest BCUT2D eigenvalue weighted by Crippen LogP contribution is 2.18. The fourth-order valence-corrected chi connectivity index (χ4v) is 1.28. The molecule has 0 bridgehead atoms. The van der Waals surface area contributed by atoms with Gasteiger partial charge >= 0.3 is 0 Å². The number of nitrogens with one attached hydrogen (secondary N) is 1. The van der Waals surface area contributed by atoms with Crippen LogP contribution in [-0.2, 0) is 9.47 Å². The van der Waals surface area contributed by atoms with Crippen LogP contribution in [0.4, 0.5) is 0 Å². The van der Waals surface area contributed by atoms with E-state index in [2.05, 4.69) is 5.32 Å². The second kappa shape index (κ2) is 6.55. The Labute approximate surface area is 98.3 Å². The molecule has 0 saturated heterocycles. The molecule has 1 unspecified atom stereocenters. The lowest BCUT2D eigenvalue weighted by Gasteiger charge is -2.19. The van der Waals surface area contributed by atoms with Crippen molar-refractivity contribution in [2.45, 2.75) is 51.4 Å². The molecule has 0 aromatic rings. The largest absolute Gasteiger partial charge is 0.389 e. The van der Waals surface area contributed by atoms with Crippen LogP contribution in [0.15, 0.2) is 0 Å². The summed E-state index contributed by atoms with van der Waals surface area (Å²) >= 11 is 0. The minimum Gasteiger partial charge on any atom is -0.389 e. The molecular formula is C12H25NO3. The van der Waals surface area contributed by atoms with E-state index < -0.39 is 6.10 Å². The van der Waals surface area contributed by atoms with E-state index in [0.717, 1.165) is 0 Å². The number of aliphatic hydroxyl groups is 1. The average Bonchev–Trinajstić information content (AvgIpc) is 2.95. The third-order valence-corrected chi connectivity index (χ3v) is 2.29. The van der Waals surface area contributed by atoms with Gasteiger partial charge in [-0.2, -0.15) is 0 Å². The molecule has 0 amide bonds. The Morgan fingerprint density at radius 1 is 1.31 bits per heavy atom. The van der Waals surface area contributed by atoms with Crippen molar-refractivity contribution in [1.29, 1.82) is 0 Å². The first-order valence-electron chi connectivity index (χ1n) is 6.10. The van der Waals surface area contributed by atoms with Gasteiger partial charge in [0.2, 0.25) is 0 Å². The van der Waals surface area contributed by atoms with Crippen LogP contribution in [-0.4, -0.2) is 49.2 Å². The summed E-state index contributed by atoms with van der Waals surface area (Å²) in [4.78, 5) is 0. The van der Waals surface area contributed by atoms with Crippen molar-refractivity contribution in [2.75, 3.05) is 26.4 Å². The SMILES string of the molecule is CC(C)(C)OCCOCC(O)CNC1CC1. The Hall–Kier alpha value is -0.160. The Balaban J connectivity index is 1.85. The molecule has 16 heavy (non-hydrogen) atoms. The molecule has 0 aliphatic heterocycles. The maximum atomic E-state index is 9.56. The van der Waals surface area contributed by atoms with Gasteiger partial charge in [-0.05, 0) is 33.6 Å².